The highest BCUT2D eigenvalue weighted by atomic mass is 32.1. The second-order valence-corrected chi connectivity index (χ2v) is 15.4. The molecule has 0 aliphatic carbocycles. The van der Waals surface area contributed by atoms with Crippen LogP contribution < -0.4 is 10.1 Å². The molecule has 0 spiro atoms. The van der Waals surface area contributed by atoms with Gasteiger partial charge >= 0.3 is 5.97 Å². The van der Waals surface area contributed by atoms with Gasteiger partial charge in [-0.25, -0.2) is 14.8 Å². The SMILES string of the molecule is CCCCCCCOc1ccc(-c2cnc(-c3ccc(C[C@H](NC(=O)c4ccc(C(C)(C)C)s4)C(=O)N4CC(C#N)C[C@H]4C(=O)O)cc3)nc2)cc1. The van der Waals surface area contributed by atoms with Crippen molar-refractivity contribution in [2.45, 2.75) is 90.1 Å². The molecule has 2 amide bonds. The summed E-state index contributed by atoms with van der Waals surface area (Å²) in [5.74, 6) is -1.33. The van der Waals surface area contributed by atoms with Crippen LogP contribution in [-0.2, 0) is 21.4 Å². The maximum Gasteiger partial charge on any atom is 0.326 e. The first-order chi connectivity index (χ1) is 25.0. The lowest BCUT2D eigenvalue weighted by atomic mass is 9.95. The van der Waals surface area contributed by atoms with Crippen LogP contribution in [0.2, 0.25) is 0 Å². The van der Waals surface area contributed by atoms with Gasteiger partial charge in [-0.2, -0.15) is 5.26 Å². The molecule has 1 aliphatic rings. The Labute approximate surface area is 309 Å². The van der Waals surface area contributed by atoms with E-state index in [4.69, 9.17) is 4.74 Å². The maximum atomic E-state index is 13.9. The summed E-state index contributed by atoms with van der Waals surface area (Å²) in [6.45, 7) is 9.10. The summed E-state index contributed by atoms with van der Waals surface area (Å²) in [7, 11) is 0. The fourth-order valence-corrected chi connectivity index (χ4v) is 7.16. The first-order valence-electron chi connectivity index (χ1n) is 18.0. The first kappa shape index (κ1) is 38.2. The van der Waals surface area contributed by atoms with Gasteiger partial charge in [0.05, 0.1) is 23.5 Å². The topological polar surface area (TPSA) is 146 Å². The standard InChI is InChI=1S/C41H47N5O5S/c1-5-6-7-8-9-20-51-32-16-14-29(15-17-32)31-24-43-37(44-25-31)30-12-10-27(11-13-30)21-33(39(48)46-26-28(23-42)22-34(46)40(49)50)45-38(47)35-18-19-36(52-35)41(2,3)4/h10-19,24-25,28,33-34H,5-9,20-22,26H2,1-4H3,(H,45,47)(H,49,50)/t28?,33-,34-/m0/s1. The summed E-state index contributed by atoms with van der Waals surface area (Å²) >= 11 is 1.36. The molecule has 11 heteroatoms. The second-order valence-electron chi connectivity index (χ2n) is 14.3. The molecular formula is C41H47N5O5S. The number of carbonyl (C=O) groups excluding carboxylic acids is 2. The maximum absolute atomic E-state index is 13.9. The number of thiophene rings is 1. The van der Waals surface area contributed by atoms with E-state index < -0.39 is 35.8 Å². The van der Waals surface area contributed by atoms with Crippen molar-refractivity contribution in [3.63, 3.8) is 0 Å². The van der Waals surface area contributed by atoms with E-state index in [-0.39, 0.29) is 24.8 Å². The highest BCUT2D eigenvalue weighted by Gasteiger charge is 2.42. The number of carboxylic acids is 1. The molecule has 2 aromatic carbocycles. The Hall–Kier alpha value is -5.08. The Bertz CT molecular complexity index is 1860. The van der Waals surface area contributed by atoms with E-state index in [1.807, 2.05) is 54.6 Å². The Morgan fingerprint density at radius 2 is 1.63 bits per heavy atom. The van der Waals surface area contributed by atoms with Gasteiger partial charge in [0.15, 0.2) is 5.82 Å². The van der Waals surface area contributed by atoms with Gasteiger partial charge in [-0.15, -0.1) is 11.3 Å². The van der Waals surface area contributed by atoms with Gasteiger partial charge in [0, 0.05) is 41.4 Å². The molecule has 1 aliphatic heterocycles. The molecule has 3 atom stereocenters. The number of nitrogens with zero attached hydrogens (tertiary/aromatic N) is 4. The van der Waals surface area contributed by atoms with Crippen LogP contribution in [0, 0.1) is 17.2 Å². The fourth-order valence-electron chi connectivity index (χ4n) is 6.19. The number of unbranched alkanes of at least 4 members (excludes halogenated alkanes) is 4. The van der Waals surface area contributed by atoms with Gasteiger partial charge in [-0.1, -0.05) is 89.8 Å². The summed E-state index contributed by atoms with van der Waals surface area (Å²) < 4.78 is 5.89. The molecule has 10 nitrogen and oxygen atoms in total. The smallest absolute Gasteiger partial charge is 0.326 e. The van der Waals surface area contributed by atoms with Crippen LogP contribution in [0.25, 0.3) is 22.5 Å². The molecule has 1 saturated heterocycles. The van der Waals surface area contributed by atoms with E-state index in [0.29, 0.717) is 17.3 Å². The summed E-state index contributed by atoms with van der Waals surface area (Å²) in [6.07, 6.45) is 9.71. The van der Waals surface area contributed by atoms with Crippen LogP contribution in [0.4, 0.5) is 0 Å². The minimum absolute atomic E-state index is 0.00473. The molecule has 52 heavy (non-hydrogen) atoms. The minimum atomic E-state index is -1.17. The van der Waals surface area contributed by atoms with Gasteiger partial charge in [-0.05, 0) is 53.6 Å². The van der Waals surface area contributed by atoms with E-state index >= 15 is 0 Å². The van der Waals surface area contributed by atoms with Crippen molar-refractivity contribution in [1.82, 2.24) is 20.2 Å². The lowest BCUT2D eigenvalue weighted by molar-refractivity contribution is -0.148. The van der Waals surface area contributed by atoms with Crippen LogP contribution >= 0.6 is 11.3 Å². The molecule has 272 valence electrons. The van der Waals surface area contributed by atoms with E-state index in [1.165, 1.54) is 41.9 Å². The average Bonchev–Trinajstić information content (AvgIpc) is 3.83. The number of carboxylic acid groups (broad SMARTS) is 1. The molecule has 3 heterocycles. The Balaban J connectivity index is 1.27. The van der Waals surface area contributed by atoms with Crippen LogP contribution in [0.5, 0.6) is 5.75 Å². The zero-order chi connectivity index (χ0) is 37.3. The average molecular weight is 722 g/mol. The number of rotatable bonds is 15. The van der Waals surface area contributed by atoms with Crippen molar-refractivity contribution in [3.05, 3.63) is 88.4 Å². The third-order valence-electron chi connectivity index (χ3n) is 9.23. The van der Waals surface area contributed by atoms with Gasteiger partial charge in [0.2, 0.25) is 5.91 Å². The summed E-state index contributed by atoms with van der Waals surface area (Å²) in [4.78, 5) is 51.3. The molecule has 5 rings (SSSR count). The molecule has 0 bridgehead atoms. The number of hydrogen-bond acceptors (Lipinski definition) is 8. The number of benzene rings is 2. The van der Waals surface area contributed by atoms with Crippen LogP contribution in [-0.4, -0.2) is 63.0 Å². The number of nitriles is 1. The second kappa shape index (κ2) is 17.4. The predicted molar refractivity (Wildman–Crippen MR) is 202 cm³/mol. The molecule has 0 radical (unpaired) electrons. The molecule has 0 saturated carbocycles. The number of hydrogen-bond donors (Lipinski definition) is 2. The highest BCUT2D eigenvalue weighted by Crippen LogP contribution is 2.30. The Morgan fingerprint density at radius 3 is 2.25 bits per heavy atom. The largest absolute Gasteiger partial charge is 0.494 e. The van der Waals surface area contributed by atoms with Crippen molar-refractivity contribution < 1.29 is 24.2 Å². The number of amides is 2. The van der Waals surface area contributed by atoms with E-state index in [0.717, 1.165) is 39.3 Å². The van der Waals surface area contributed by atoms with Gasteiger partial charge in [-0.3, -0.25) is 9.59 Å². The van der Waals surface area contributed by atoms with Crippen molar-refractivity contribution in [1.29, 1.82) is 5.26 Å². The summed E-state index contributed by atoms with van der Waals surface area (Å²) in [5.41, 5.74) is 3.25. The number of ether oxygens (including phenoxy) is 1. The van der Waals surface area contributed by atoms with E-state index in [2.05, 4.69) is 49.0 Å². The van der Waals surface area contributed by atoms with Crippen LogP contribution in [0.1, 0.15) is 86.3 Å². The van der Waals surface area contributed by atoms with Crippen LogP contribution in [0.3, 0.4) is 0 Å². The van der Waals surface area contributed by atoms with Crippen molar-refractivity contribution in [3.8, 4) is 34.3 Å². The molecule has 4 aromatic rings. The number of carbonyl (C=O) groups is 3. The zero-order valence-electron chi connectivity index (χ0n) is 30.3. The van der Waals surface area contributed by atoms with Crippen molar-refractivity contribution in [2.24, 2.45) is 5.92 Å². The van der Waals surface area contributed by atoms with E-state index in [9.17, 15) is 24.8 Å². The number of aromatic nitrogens is 2. The third-order valence-corrected chi connectivity index (χ3v) is 10.7. The fraction of sp³-hybridized carbons (Fsp3) is 0.415. The predicted octanol–water partition coefficient (Wildman–Crippen LogP) is 7.69. The Morgan fingerprint density at radius 1 is 0.962 bits per heavy atom. The normalized spacial score (nSPS) is 16.2. The molecule has 1 fully saturated rings. The van der Waals surface area contributed by atoms with Crippen LogP contribution in [0.15, 0.2) is 73.1 Å². The molecule has 2 aromatic heterocycles. The van der Waals surface area contributed by atoms with E-state index in [1.54, 1.807) is 18.5 Å². The molecule has 1 unspecified atom stereocenters. The first-order valence-corrected chi connectivity index (χ1v) is 18.8. The summed E-state index contributed by atoms with van der Waals surface area (Å²) in [6, 6.07) is 18.9. The zero-order valence-corrected chi connectivity index (χ0v) is 31.1. The summed E-state index contributed by atoms with van der Waals surface area (Å²) in [5, 5.41) is 22.2. The monoisotopic (exact) mass is 721 g/mol. The quantitative estimate of drug-likeness (QED) is 0.119. The number of aliphatic carboxylic acids is 1. The third kappa shape index (κ3) is 9.82. The molecular weight excluding hydrogens is 675 g/mol. The lowest BCUT2D eigenvalue weighted by Gasteiger charge is -2.27. The minimum Gasteiger partial charge on any atom is -0.494 e. The van der Waals surface area contributed by atoms with Gasteiger partial charge in [0.1, 0.15) is 17.8 Å². The van der Waals surface area contributed by atoms with Crippen molar-refractivity contribution >= 4 is 29.1 Å². The number of likely N-dealkylation sites (tertiary alicyclic amines) is 1. The molecule has 2 N–H and O–H groups in total. The lowest BCUT2D eigenvalue weighted by Crippen LogP contribution is -2.52. The van der Waals surface area contributed by atoms with Gasteiger partial charge in [0.25, 0.3) is 5.91 Å². The van der Waals surface area contributed by atoms with Gasteiger partial charge < -0.3 is 20.1 Å². The van der Waals surface area contributed by atoms with Crippen molar-refractivity contribution in [2.75, 3.05) is 13.2 Å². The highest BCUT2D eigenvalue weighted by molar-refractivity contribution is 7.14. The Kier molecular flexibility index (Phi) is 12.8. The number of nitrogens with one attached hydrogen (secondary N) is 1.